The number of anilines is 1. The monoisotopic (exact) mass is 529 g/mol. The van der Waals surface area contributed by atoms with Crippen molar-refractivity contribution in [1.29, 1.82) is 0 Å². The minimum Gasteiger partial charge on any atom is -0.462 e. The number of nitrogens with zero attached hydrogens (tertiary/aromatic N) is 2. The highest BCUT2D eigenvalue weighted by Crippen LogP contribution is 2.29. The molecule has 186 valence electrons. The molecule has 5 rings (SSSR count). The van der Waals surface area contributed by atoms with E-state index in [1.807, 2.05) is 65.2 Å². The van der Waals surface area contributed by atoms with Gasteiger partial charge in [0.15, 0.2) is 5.13 Å². The van der Waals surface area contributed by atoms with Gasteiger partial charge < -0.3 is 14.6 Å². The van der Waals surface area contributed by atoms with E-state index in [9.17, 15) is 9.59 Å². The second-order valence-corrected chi connectivity index (χ2v) is 9.75. The van der Waals surface area contributed by atoms with Crippen molar-refractivity contribution in [2.24, 2.45) is 0 Å². The summed E-state index contributed by atoms with van der Waals surface area (Å²) in [7, 11) is 0. The first kappa shape index (κ1) is 24.7. The number of esters is 1. The quantitative estimate of drug-likeness (QED) is 0.229. The van der Waals surface area contributed by atoms with Gasteiger partial charge in [-0.1, -0.05) is 95.7 Å². The van der Waals surface area contributed by atoms with Crippen molar-refractivity contribution < 1.29 is 9.53 Å². The van der Waals surface area contributed by atoms with Gasteiger partial charge in [0, 0.05) is 24.3 Å². The molecule has 0 spiro atoms. The molecule has 8 heteroatoms. The van der Waals surface area contributed by atoms with Crippen molar-refractivity contribution in [3.05, 3.63) is 117 Å². The summed E-state index contributed by atoms with van der Waals surface area (Å²) in [6.07, 6.45) is 1.58. The third-order valence-corrected chi connectivity index (χ3v) is 7.36. The fourth-order valence-electron chi connectivity index (χ4n) is 4.16. The van der Waals surface area contributed by atoms with Crippen molar-refractivity contribution in [2.45, 2.75) is 20.0 Å². The second-order valence-electron chi connectivity index (χ2n) is 8.36. The van der Waals surface area contributed by atoms with Crippen LogP contribution in [0.15, 0.2) is 89.9 Å². The largest absolute Gasteiger partial charge is 0.462 e. The minimum absolute atomic E-state index is 0.0329. The summed E-state index contributed by atoms with van der Waals surface area (Å²) in [5, 5.41) is 4.49. The fourth-order valence-corrected chi connectivity index (χ4v) is 5.29. The lowest BCUT2D eigenvalue weighted by Gasteiger charge is -2.14. The summed E-state index contributed by atoms with van der Waals surface area (Å²) >= 11 is 7.66. The second kappa shape index (κ2) is 11.0. The Morgan fingerprint density at radius 3 is 2.46 bits per heavy atom. The SMILES string of the molecule is CCOC(=O)c1cn(Cc2ccccc2-c2ccccc2)c2sc(NCc3ccccc3Cl)nc2c1=O. The predicted octanol–water partition coefficient (Wildman–Crippen LogP) is 6.62. The van der Waals surface area contributed by atoms with E-state index in [-0.39, 0.29) is 17.7 Å². The summed E-state index contributed by atoms with van der Waals surface area (Å²) in [6, 6.07) is 25.8. The van der Waals surface area contributed by atoms with Crippen LogP contribution >= 0.6 is 22.9 Å². The van der Waals surface area contributed by atoms with Gasteiger partial charge >= 0.3 is 5.97 Å². The number of carbonyl (C=O) groups is 1. The van der Waals surface area contributed by atoms with Crippen LogP contribution in [0.3, 0.4) is 0 Å². The van der Waals surface area contributed by atoms with Crippen molar-refractivity contribution in [3.8, 4) is 11.1 Å². The molecule has 0 unspecified atom stereocenters. The Morgan fingerprint density at radius 1 is 1.00 bits per heavy atom. The molecule has 0 saturated heterocycles. The van der Waals surface area contributed by atoms with E-state index in [0.29, 0.717) is 28.1 Å². The molecule has 1 N–H and O–H groups in total. The lowest BCUT2D eigenvalue weighted by atomic mass is 9.99. The number of benzene rings is 3. The summed E-state index contributed by atoms with van der Waals surface area (Å²) in [5.41, 5.74) is 3.89. The highest BCUT2D eigenvalue weighted by molar-refractivity contribution is 7.21. The first-order chi connectivity index (χ1) is 18.0. The van der Waals surface area contributed by atoms with Crippen molar-refractivity contribution in [3.63, 3.8) is 0 Å². The lowest BCUT2D eigenvalue weighted by molar-refractivity contribution is 0.0524. The maximum Gasteiger partial charge on any atom is 0.343 e. The minimum atomic E-state index is -0.655. The molecular formula is C29H24ClN3O3S. The number of nitrogens with one attached hydrogen (secondary N) is 1. The van der Waals surface area contributed by atoms with Crippen molar-refractivity contribution in [1.82, 2.24) is 9.55 Å². The summed E-state index contributed by atoms with van der Waals surface area (Å²) in [5.74, 6) is -0.655. The fraction of sp³-hybridized carbons (Fsp3) is 0.138. The van der Waals surface area contributed by atoms with E-state index in [2.05, 4.69) is 28.5 Å². The van der Waals surface area contributed by atoms with Gasteiger partial charge in [-0.2, -0.15) is 0 Å². The number of aromatic nitrogens is 2. The smallest absolute Gasteiger partial charge is 0.343 e. The van der Waals surface area contributed by atoms with Crippen molar-refractivity contribution >= 4 is 44.4 Å². The molecule has 0 aliphatic heterocycles. The Labute approximate surface area is 223 Å². The van der Waals surface area contributed by atoms with Gasteiger partial charge in [0.25, 0.3) is 0 Å². The van der Waals surface area contributed by atoms with Crippen LogP contribution in [0.1, 0.15) is 28.4 Å². The molecule has 0 aliphatic carbocycles. The predicted molar refractivity (Wildman–Crippen MR) is 150 cm³/mol. The van der Waals surface area contributed by atoms with Gasteiger partial charge in [-0.05, 0) is 35.2 Å². The molecule has 2 aromatic heterocycles. The molecule has 3 aromatic carbocycles. The highest BCUT2D eigenvalue weighted by Gasteiger charge is 2.21. The molecule has 0 saturated carbocycles. The standard InChI is InChI=1S/C29H24ClN3O3S/c1-2-36-28(35)23-18-33(17-21-13-6-8-14-22(21)19-10-4-3-5-11-19)27-25(26(23)34)32-29(37-27)31-16-20-12-7-9-15-24(20)30/h3-15,18H,2,16-17H2,1H3,(H,31,32). The molecule has 0 atom stereocenters. The summed E-state index contributed by atoms with van der Waals surface area (Å²) in [4.78, 5) is 31.2. The summed E-state index contributed by atoms with van der Waals surface area (Å²) < 4.78 is 7.08. The average molecular weight is 530 g/mol. The number of pyridine rings is 1. The Balaban J connectivity index is 1.58. The van der Waals surface area contributed by atoms with Gasteiger partial charge in [0.2, 0.25) is 5.43 Å². The van der Waals surface area contributed by atoms with E-state index in [4.69, 9.17) is 16.3 Å². The first-order valence-electron chi connectivity index (χ1n) is 11.9. The molecule has 0 amide bonds. The number of hydrogen-bond donors (Lipinski definition) is 1. The molecule has 0 radical (unpaired) electrons. The van der Waals surface area contributed by atoms with Crippen LogP contribution in [0.2, 0.25) is 5.02 Å². The number of carbonyl (C=O) groups excluding carboxylic acids is 1. The topological polar surface area (TPSA) is 73.2 Å². The van der Waals surface area contributed by atoms with Crippen LogP contribution in [0.25, 0.3) is 21.5 Å². The lowest BCUT2D eigenvalue weighted by Crippen LogP contribution is -2.21. The van der Waals surface area contributed by atoms with Crippen LogP contribution in [0, 0.1) is 0 Å². The Kier molecular flexibility index (Phi) is 7.35. The number of thiazole rings is 1. The van der Waals surface area contributed by atoms with Gasteiger partial charge in [-0.25, -0.2) is 9.78 Å². The molecule has 37 heavy (non-hydrogen) atoms. The van der Waals surface area contributed by atoms with E-state index in [1.165, 1.54) is 11.3 Å². The molecular weight excluding hydrogens is 506 g/mol. The zero-order valence-electron chi connectivity index (χ0n) is 20.1. The van der Waals surface area contributed by atoms with Crippen LogP contribution in [-0.4, -0.2) is 22.1 Å². The number of ether oxygens (including phenoxy) is 1. The van der Waals surface area contributed by atoms with Crippen LogP contribution in [-0.2, 0) is 17.8 Å². The Morgan fingerprint density at radius 2 is 1.70 bits per heavy atom. The summed E-state index contributed by atoms with van der Waals surface area (Å²) in [6.45, 7) is 2.79. The number of fused-ring (bicyclic) bond motifs is 1. The normalized spacial score (nSPS) is 11.0. The van der Waals surface area contributed by atoms with E-state index >= 15 is 0 Å². The Bertz CT molecular complexity index is 1630. The van der Waals surface area contributed by atoms with Crippen molar-refractivity contribution in [2.75, 3.05) is 11.9 Å². The number of rotatable bonds is 8. The zero-order chi connectivity index (χ0) is 25.8. The number of halogens is 1. The van der Waals surface area contributed by atoms with Gasteiger partial charge in [-0.15, -0.1) is 0 Å². The van der Waals surface area contributed by atoms with E-state index in [0.717, 1.165) is 22.3 Å². The van der Waals surface area contributed by atoms with Crippen LogP contribution < -0.4 is 10.7 Å². The third kappa shape index (κ3) is 5.28. The highest BCUT2D eigenvalue weighted by atomic mass is 35.5. The molecule has 0 fully saturated rings. The Hall–Kier alpha value is -3.94. The van der Waals surface area contributed by atoms with E-state index in [1.54, 1.807) is 13.1 Å². The molecule has 2 heterocycles. The van der Waals surface area contributed by atoms with Crippen LogP contribution in [0.5, 0.6) is 0 Å². The third-order valence-electron chi connectivity index (χ3n) is 5.94. The average Bonchev–Trinajstić information content (AvgIpc) is 3.36. The molecule has 5 aromatic rings. The number of hydrogen-bond acceptors (Lipinski definition) is 6. The molecule has 0 bridgehead atoms. The van der Waals surface area contributed by atoms with Crippen LogP contribution in [0.4, 0.5) is 5.13 Å². The van der Waals surface area contributed by atoms with E-state index < -0.39 is 11.4 Å². The zero-order valence-corrected chi connectivity index (χ0v) is 21.7. The maximum atomic E-state index is 13.3. The maximum absolute atomic E-state index is 13.3. The molecule has 6 nitrogen and oxygen atoms in total. The first-order valence-corrected chi connectivity index (χ1v) is 13.1. The van der Waals surface area contributed by atoms with Gasteiger partial charge in [0.05, 0.1) is 6.61 Å². The van der Waals surface area contributed by atoms with Gasteiger partial charge in [0.1, 0.15) is 15.9 Å². The van der Waals surface area contributed by atoms with Gasteiger partial charge in [-0.3, -0.25) is 4.79 Å². The molecule has 0 aliphatic rings.